The highest BCUT2D eigenvalue weighted by Crippen LogP contribution is 1.86. The van der Waals surface area contributed by atoms with Gasteiger partial charge in [0.1, 0.15) is 0 Å². The maximum atomic E-state index is 11.0. The fraction of sp³-hybridized carbons (Fsp3) is 0.889. The molecule has 1 amide bonds. The molecule has 0 radical (unpaired) electrons. The van der Waals surface area contributed by atoms with Crippen molar-refractivity contribution in [1.82, 2.24) is 5.32 Å². The second kappa shape index (κ2) is 8.01. The monoisotopic (exact) mass is 189 g/mol. The zero-order chi connectivity index (χ0) is 10.1. The van der Waals surface area contributed by atoms with Crippen molar-refractivity contribution >= 4 is 5.91 Å². The van der Waals surface area contributed by atoms with Crippen LogP contribution >= 0.6 is 0 Å². The number of carbonyl (C=O) groups excluding carboxylic acids is 1. The minimum absolute atomic E-state index is 0.0722. The van der Waals surface area contributed by atoms with E-state index in [2.05, 4.69) is 5.32 Å². The molecule has 2 N–H and O–H groups in total. The zero-order valence-corrected chi connectivity index (χ0v) is 8.38. The summed E-state index contributed by atoms with van der Waals surface area (Å²) in [6.07, 6.45) is 0.850. The first-order chi connectivity index (χ1) is 6.16. The molecule has 1 atom stereocenters. The smallest absolute Gasteiger partial charge is 0.222 e. The number of nitrogens with one attached hydrogen (secondary N) is 1. The molecule has 0 saturated carbocycles. The van der Waals surface area contributed by atoms with Gasteiger partial charge in [0.15, 0.2) is 0 Å². The maximum absolute atomic E-state index is 11.0. The first-order valence-corrected chi connectivity index (χ1v) is 4.69. The highest BCUT2D eigenvalue weighted by atomic mass is 16.5. The van der Waals surface area contributed by atoms with Crippen LogP contribution < -0.4 is 5.32 Å². The minimum Gasteiger partial charge on any atom is -0.392 e. The van der Waals surface area contributed by atoms with Gasteiger partial charge in [0.2, 0.25) is 5.91 Å². The van der Waals surface area contributed by atoms with Crippen LogP contribution in [0.15, 0.2) is 0 Å². The Morgan fingerprint density at radius 2 is 2.23 bits per heavy atom. The van der Waals surface area contributed by atoms with Gasteiger partial charge in [-0.05, 0) is 13.3 Å². The second-order valence-electron chi connectivity index (χ2n) is 3.02. The molecule has 0 fully saturated rings. The Labute approximate surface area is 79.3 Å². The molecule has 13 heavy (non-hydrogen) atoms. The number of carbonyl (C=O) groups is 1. The van der Waals surface area contributed by atoms with E-state index in [1.807, 2.05) is 6.92 Å². The Morgan fingerprint density at radius 1 is 1.54 bits per heavy atom. The largest absolute Gasteiger partial charge is 0.392 e. The van der Waals surface area contributed by atoms with Gasteiger partial charge in [0.05, 0.1) is 12.7 Å². The molecule has 0 heterocycles. The van der Waals surface area contributed by atoms with E-state index in [1.165, 1.54) is 0 Å². The van der Waals surface area contributed by atoms with Gasteiger partial charge >= 0.3 is 0 Å². The van der Waals surface area contributed by atoms with Crippen LogP contribution in [0.25, 0.3) is 0 Å². The molecule has 0 aliphatic carbocycles. The van der Waals surface area contributed by atoms with Crippen LogP contribution in [0.3, 0.4) is 0 Å². The Balaban J connectivity index is 3.20. The van der Waals surface area contributed by atoms with Crippen molar-refractivity contribution in [2.75, 3.05) is 19.8 Å². The number of hydrogen-bond acceptors (Lipinski definition) is 3. The summed E-state index contributed by atoms with van der Waals surface area (Å²) in [6, 6.07) is 0. The average Bonchev–Trinajstić information content (AvgIpc) is 2.09. The molecule has 1 unspecified atom stereocenters. The standard InChI is InChI=1S/C9H19NO3/c1-3-5-13-6-4-9(12)10-7-8(2)11/h8,11H,3-7H2,1-2H3,(H,10,12). The van der Waals surface area contributed by atoms with Crippen molar-refractivity contribution < 1.29 is 14.6 Å². The molecular weight excluding hydrogens is 170 g/mol. The number of aliphatic hydroxyl groups is 1. The van der Waals surface area contributed by atoms with Gasteiger partial charge in [-0.15, -0.1) is 0 Å². The first-order valence-electron chi connectivity index (χ1n) is 4.69. The van der Waals surface area contributed by atoms with Crippen LogP contribution in [0.1, 0.15) is 26.7 Å². The van der Waals surface area contributed by atoms with Crippen LogP contribution in [0.2, 0.25) is 0 Å². The molecule has 0 aromatic heterocycles. The topological polar surface area (TPSA) is 58.6 Å². The Kier molecular flexibility index (Phi) is 7.63. The molecule has 0 rings (SSSR count). The van der Waals surface area contributed by atoms with Gasteiger partial charge in [0.25, 0.3) is 0 Å². The summed E-state index contributed by atoms with van der Waals surface area (Å²) < 4.78 is 5.14. The van der Waals surface area contributed by atoms with Gasteiger partial charge in [-0.2, -0.15) is 0 Å². The number of hydrogen-bond donors (Lipinski definition) is 2. The lowest BCUT2D eigenvalue weighted by Gasteiger charge is -2.06. The predicted molar refractivity (Wildman–Crippen MR) is 50.4 cm³/mol. The molecule has 4 nitrogen and oxygen atoms in total. The Hall–Kier alpha value is -0.610. The van der Waals surface area contributed by atoms with E-state index in [0.29, 0.717) is 26.2 Å². The fourth-order valence-electron chi connectivity index (χ4n) is 0.761. The van der Waals surface area contributed by atoms with Crippen molar-refractivity contribution in [1.29, 1.82) is 0 Å². The van der Waals surface area contributed by atoms with Crippen LogP contribution in [-0.2, 0) is 9.53 Å². The van der Waals surface area contributed by atoms with E-state index in [9.17, 15) is 4.79 Å². The maximum Gasteiger partial charge on any atom is 0.222 e. The van der Waals surface area contributed by atoms with Gasteiger partial charge in [-0.3, -0.25) is 4.79 Å². The highest BCUT2D eigenvalue weighted by Gasteiger charge is 2.01. The van der Waals surface area contributed by atoms with E-state index in [1.54, 1.807) is 6.92 Å². The number of amides is 1. The lowest BCUT2D eigenvalue weighted by molar-refractivity contribution is -0.122. The predicted octanol–water partition coefficient (Wildman–Crippen LogP) is 0.300. The molecule has 0 aromatic rings. The van der Waals surface area contributed by atoms with Crippen molar-refractivity contribution in [3.05, 3.63) is 0 Å². The van der Waals surface area contributed by atoms with E-state index >= 15 is 0 Å². The third-order valence-electron chi connectivity index (χ3n) is 1.42. The highest BCUT2D eigenvalue weighted by molar-refractivity contribution is 5.75. The number of ether oxygens (including phenoxy) is 1. The van der Waals surface area contributed by atoms with Crippen LogP contribution in [0.5, 0.6) is 0 Å². The summed E-state index contributed by atoms with van der Waals surface area (Å²) in [4.78, 5) is 11.0. The molecule has 0 aliphatic rings. The summed E-state index contributed by atoms with van der Waals surface area (Å²) in [5.74, 6) is -0.0722. The second-order valence-corrected chi connectivity index (χ2v) is 3.02. The summed E-state index contributed by atoms with van der Waals surface area (Å²) in [5, 5.41) is 11.5. The van der Waals surface area contributed by atoms with E-state index in [0.717, 1.165) is 6.42 Å². The van der Waals surface area contributed by atoms with Crippen molar-refractivity contribution in [3.8, 4) is 0 Å². The van der Waals surface area contributed by atoms with Gasteiger partial charge < -0.3 is 15.2 Å². The quantitative estimate of drug-likeness (QED) is 0.566. The minimum atomic E-state index is -0.486. The van der Waals surface area contributed by atoms with Gasteiger partial charge in [0, 0.05) is 19.6 Å². The van der Waals surface area contributed by atoms with Crippen LogP contribution in [-0.4, -0.2) is 36.9 Å². The van der Waals surface area contributed by atoms with Crippen molar-refractivity contribution in [2.45, 2.75) is 32.8 Å². The zero-order valence-electron chi connectivity index (χ0n) is 8.38. The molecule has 0 spiro atoms. The van der Waals surface area contributed by atoms with E-state index in [-0.39, 0.29) is 5.91 Å². The molecule has 4 heteroatoms. The summed E-state index contributed by atoms with van der Waals surface area (Å²) in [5.41, 5.74) is 0. The SMILES string of the molecule is CCCOCCC(=O)NCC(C)O. The summed E-state index contributed by atoms with van der Waals surface area (Å²) in [6.45, 7) is 5.12. The average molecular weight is 189 g/mol. The Bertz CT molecular complexity index is 137. The van der Waals surface area contributed by atoms with Crippen molar-refractivity contribution in [2.24, 2.45) is 0 Å². The molecule has 0 bridgehead atoms. The third-order valence-corrected chi connectivity index (χ3v) is 1.42. The van der Waals surface area contributed by atoms with Crippen LogP contribution in [0, 0.1) is 0 Å². The number of rotatable bonds is 7. The molecule has 0 saturated heterocycles. The molecular formula is C9H19NO3. The third kappa shape index (κ3) is 9.30. The van der Waals surface area contributed by atoms with Gasteiger partial charge in [-0.25, -0.2) is 0 Å². The fourth-order valence-corrected chi connectivity index (χ4v) is 0.761. The normalized spacial score (nSPS) is 12.5. The lowest BCUT2D eigenvalue weighted by Crippen LogP contribution is -2.31. The molecule has 0 aliphatic heterocycles. The van der Waals surface area contributed by atoms with E-state index < -0.39 is 6.10 Å². The lowest BCUT2D eigenvalue weighted by atomic mass is 10.3. The van der Waals surface area contributed by atoms with Crippen molar-refractivity contribution in [3.63, 3.8) is 0 Å². The van der Waals surface area contributed by atoms with Crippen LogP contribution in [0.4, 0.5) is 0 Å². The first kappa shape index (κ1) is 12.4. The molecule has 78 valence electrons. The summed E-state index contributed by atoms with van der Waals surface area (Å²) >= 11 is 0. The molecule has 0 aromatic carbocycles. The Morgan fingerprint density at radius 3 is 2.77 bits per heavy atom. The van der Waals surface area contributed by atoms with E-state index in [4.69, 9.17) is 9.84 Å². The number of aliphatic hydroxyl groups excluding tert-OH is 1. The summed E-state index contributed by atoms with van der Waals surface area (Å²) in [7, 11) is 0. The van der Waals surface area contributed by atoms with Gasteiger partial charge in [-0.1, -0.05) is 6.92 Å².